The van der Waals surface area contributed by atoms with Crippen LogP contribution in [-0.2, 0) is 16.6 Å². The number of amides is 1. The molecule has 0 bridgehead atoms. The third-order valence-corrected chi connectivity index (χ3v) is 6.95. The van der Waals surface area contributed by atoms with E-state index in [0.717, 1.165) is 31.4 Å². The molecule has 3 rings (SSSR count). The SMILES string of the molecule is C=C[C@@H](C)NC(=O)c1cc(Cc2ccnc(NS(=O)(=O)NC)c2F)c(F)c(F)c1Nc1ccc(I)cc1F. The lowest BCUT2D eigenvalue weighted by molar-refractivity contribution is 0.0947. The minimum absolute atomic E-state index is 0.205. The van der Waals surface area contributed by atoms with Gasteiger partial charge in [-0.2, -0.15) is 8.42 Å². The molecule has 0 fully saturated rings. The fourth-order valence-electron chi connectivity index (χ4n) is 3.25. The van der Waals surface area contributed by atoms with E-state index in [1.807, 2.05) is 32.0 Å². The fraction of sp³-hybridized carbons (Fsp3) is 0.167. The molecule has 1 atom stereocenters. The number of nitrogens with zero attached hydrogens (tertiary/aromatic N) is 1. The zero-order valence-electron chi connectivity index (χ0n) is 20.0. The van der Waals surface area contributed by atoms with Crippen LogP contribution in [-0.4, -0.2) is 32.4 Å². The van der Waals surface area contributed by atoms with Crippen LogP contribution in [0.15, 0.2) is 49.2 Å². The summed E-state index contributed by atoms with van der Waals surface area (Å²) in [5.41, 5.74) is -1.86. The van der Waals surface area contributed by atoms with Gasteiger partial charge >= 0.3 is 0 Å². The molecule has 0 unspecified atom stereocenters. The van der Waals surface area contributed by atoms with Crippen molar-refractivity contribution < 1.29 is 30.8 Å². The number of pyridine rings is 1. The molecule has 0 saturated carbocycles. The zero-order valence-corrected chi connectivity index (χ0v) is 23.0. The van der Waals surface area contributed by atoms with Gasteiger partial charge in [-0.05, 0) is 71.0 Å². The average molecular weight is 663 g/mol. The number of hydrogen-bond acceptors (Lipinski definition) is 5. The molecule has 1 heterocycles. The summed E-state index contributed by atoms with van der Waals surface area (Å²) in [7, 11) is -3.01. The number of carbonyl (C=O) groups excluding carboxylic acids is 1. The molecule has 0 aliphatic carbocycles. The molecule has 4 N–H and O–H groups in total. The van der Waals surface area contributed by atoms with Crippen molar-refractivity contribution >= 4 is 55.9 Å². The molecule has 202 valence electrons. The van der Waals surface area contributed by atoms with Crippen molar-refractivity contribution in [3.63, 3.8) is 0 Å². The highest BCUT2D eigenvalue weighted by Crippen LogP contribution is 2.32. The molecule has 1 amide bonds. The number of anilines is 3. The fourth-order valence-corrected chi connectivity index (χ4v) is 4.20. The molecule has 1 aromatic heterocycles. The number of hydrogen-bond donors (Lipinski definition) is 4. The zero-order chi connectivity index (χ0) is 28.2. The number of benzene rings is 2. The Hall–Kier alpha value is -3.24. The minimum Gasteiger partial charge on any atom is -0.350 e. The van der Waals surface area contributed by atoms with E-state index in [4.69, 9.17) is 0 Å². The number of nitrogens with one attached hydrogen (secondary N) is 4. The van der Waals surface area contributed by atoms with Crippen molar-refractivity contribution in [2.45, 2.75) is 19.4 Å². The third kappa shape index (κ3) is 6.79. The van der Waals surface area contributed by atoms with Gasteiger partial charge in [0.25, 0.3) is 16.1 Å². The second kappa shape index (κ2) is 12.1. The van der Waals surface area contributed by atoms with Crippen molar-refractivity contribution in [3.05, 3.63) is 92.7 Å². The summed E-state index contributed by atoms with van der Waals surface area (Å²) in [6.07, 6.45) is 1.92. The van der Waals surface area contributed by atoms with Crippen LogP contribution in [0.3, 0.4) is 0 Å². The van der Waals surface area contributed by atoms with Crippen LogP contribution in [0, 0.1) is 26.8 Å². The first-order valence-corrected chi connectivity index (χ1v) is 13.4. The van der Waals surface area contributed by atoms with E-state index in [-0.39, 0.29) is 16.8 Å². The van der Waals surface area contributed by atoms with Crippen LogP contribution in [0.1, 0.15) is 28.4 Å². The van der Waals surface area contributed by atoms with Crippen molar-refractivity contribution in [2.24, 2.45) is 0 Å². The van der Waals surface area contributed by atoms with E-state index < -0.39 is 68.9 Å². The molecule has 38 heavy (non-hydrogen) atoms. The van der Waals surface area contributed by atoms with Crippen LogP contribution in [0.4, 0.5) is 34.8 Å². The number of carbonyl (C=O) groups is 1. The predicted octanol–water partition coefficient (Wildman–Crippen LogP) is 4.76. The van der Waals surface area contributed by atoms with Crippen LogP contribution in [0.5, 0.6) is 0 Å². The maximum atomic E-state index is 15.4. The van der Waals surface area contributed by atoms with E-state index in [0.29, 0.717) is 3.57 Å². The largest absolute Gasteiger partial charge is 0.350 e. The highest BCUT2D eigenvalue weighted by molar-refractivity contribution is 14.1. The Morgan fingerprint density at radius 1 is 1.11 bits per heavy atom. The molecule has 2 aromatic carbocycles. The molecular weight excluding hydrogens is 641 g/mol. The lowest BCUT2D eigenvalue weighted by Crippen LogP contribution is -2.31. The van der Waals surface area contributed by atoms with E-state index >= 15 is 8.78 Å². The number of rotatable bonds is 10. The summed E-state index contributed by atoms with van der Waals surface area (Å²) in [4.78, 5) is 16.6. The third-order valence-electron chi connectivity index (χ3n) is 5.28. The Morgan fingerprint density at radius 2 is 1.82 bits per heavy atom. The molecule has 8 nitrogen and oxygen atoms in total. The smallest absolute Gasteiger partial charge is 0.300 e. The first kappa shape index (κ1) is 29.3. The standard InChI is InChI=1S/C24H22F4IN5O3S/c1-4-12(2)32-24(35)16-10-14(9-13-7-8-31-23(20(13)27)34-38(36,37)30-3)19(26)21(28)22(16)33-18-6-5-15(29)11-17(18)25/h4-8,10-12,30,33H,1,9H2,2-3H3,(H,31,34)(H,32,35)/t12-/m1/s1. The molecule has 3 aromatic rings. The molecular formula is C24H22F4IN5O3S. The summed E-state index contributed by atoms with van der Waals surface area (Å²) in [6.45, 7) is 5.15. The maximum Gasteiger partial charge on any atom is 0.300 e. The Balaban J connectivity index is 2.11. The summed E-state index contributed by atoms with van der Waals surface area (Å²) in [5, 5.41) is 4.98. The van der Waals surface area contributed by atoms with Gasteiger partial charge in [-0.25, -0.2) is 27.3 Å². The van der Waals surface area contributed by atoms with E-state index in [1.165, 1.54) is 18.2 Å². The molecule has 0 aliphatic heterocycles. The van der Waals surface area contributed by atoms with Crippen molar-refractivity contribution in [1.82, 2.24) is 15.0 Å². The lowest BCUT2D eigenvalue weighted by Gasteiger charge is -2.18. The topological polar surface area (TPSA) is 112 Å². The van der Waals surface area contributed by atoms with Gasteiger partial charge in [0.05, 0.1) is 16.9 Å². The van der Waals surface area contributed by atoms with E-state index in [2.05, 4.69) is 22.2 Å². The summed E-state index contributed by atoms with van der Waals surface area (Å²) >= 11 is 1.88. The second-order valence-electron chi connectivity index (χ2n) is 7.95. The Morgan fingerprint density at radius 3 is 2.45 bits per heavy atom. The molecule has 0 aliphatic rings. The summed E-state index contributed by atoms with van der Waals surface area (Å²) < 4.78 is 87.9. The quantitative estimate of drug-likeness (QED) is 0.142. The Labute approximate surface area is 230 Å². The minimum atomic E-state index is -4.11. The predicted molar refractivity (Wildman–Crippen MR) is 144 cm³/mol. The van der Waals surface area contributed by atoms with Gasteiger partial charge in [-0.15, -0.1) is 6.58 Å². The highest BCUT2D eigenvalue weighted by Gasteiger charge is 2.25. The molecule has 0 spiro atoms. The van der Waals surface area contributed by atoms with Gasteiger partial charge in [-0.1, -0.05) is 6.08 Å². The summed E-state index contributed by atoms with van der Waals surface area (Å²) in [6, 6.07) is 5.60. The van der Waals surface area contributed by atoms with E-state index in [1.54, 1.807) is 6.92 Å². The first-order chi connectivity index (χ1) is 17.9. The van der Waals surface area contributed by atoms with Crippen LogP contribution < -0.4 is 20.1 Å². The Bertz CT molecular complexity index is 1500. The average Bonchev–Trinajstić information content (AvgIpc) is 2.86. The molecule has 0 saturated heterocycles. The van der Waals surface area contributed by atoms with Gasteiger partial charge in [0.2, 0.25) is 0 Å². The molecule has 14 heteroatoms. The van der Waals surface area contributed by atoms with Gasteiger partial charge in [0.15, 0.2) is 23.3 Å². The first-order valence-electron chi connectivity index (χ1n) is 10.9. The van der Waals surface area contributed by atoms with Crippen molar-refractivity contribution in [1.29, 1.82) is 0 Å². The Kier molecular flexibility index (Phi) is 9.32. The van der Waals surface area contributed by atoms with Gasteiger partial charge in [0.1, 0.15) is 5.82 Å². The number of halogens is 5. The van der Waals surface area contributed by atoms with Crippen LogP contribution in [0.2, 0.25) is 0 Å². The molecule has 0 radical (unpaired) electrons. The second-order valence-corrected chi connectivity index (χ2v) is 10.8. The lowest BCUT2D eigenvalue weighted by atomic mass is 9.99. The monoisotopic (exact) mass is 663 g/mol. The number of aromatic nitrogens is 1. The normalized spacial score (nSPS) is 12.1. The summed E-state index contributed by atoms with van der Waals surface area (Å²) in [5.74, 6) is -6.29. The van der Waals surface area contributed by atoms with Crippen LogP contribution in [0.25, 0.3) is 0 Å². The van der Waals surface area contributed by atoms with Crippen molar-refractivity contribution in [2.75, 3.05) is 17.1 Å². The van der Waals surface area contributed by atoms with Crippen LogP contribution >= 0.6 is 22.6 Å². The highest BCUT2D eigenvalue weighted by atomic mass is 127. The van der Waals surface area contributed by atoms with Gasteiger partial charge < -0.3 is 10.6 Å². The van der Waals surface area contributed by atoms with Gasteiger partial charge in [-0.3, -0.25) is 9.52 Å². The van der Waals surface area contributed by atoms with Gasteiger partial charge in [0, 0.05) is 29.3 Å². The maximum absolute atomic E-state index is 15.4. The van der Waals surface area contributed by atoms with E-state index in [9.17, 15) is 22.0 Å². The van der Waals surface area contributed by atoms with Crippen molar-refractivity contribution in [3.8, 4) is 0 Å².